The molecule has 0 bridgehead atoms. The number of β-amino-alcohol motifs (C(OH)–C–C–N with tert-alkyl or cyclic N) is 1. The Labute approximate surface area is 140 Å². The van der Waals surface area contributed by atoms with Gasteiger partial charge in [0.05, 0.1) is 22.7 Å². The number of aliphatic hydroxyl groups is 1. The summed E-state index contributed by atoms with van der Waals surface area (Å²) in [7, 11) is 0. The van der Waals surface area contributed by atoms with Crippen LogP contribution in [0.15, 0.2) is 10.6 Å². The highest BCUT2D eigenvalue weighted by Crippen LogP contribution is 2.41. The lowest BCUT2D eigenvalue weighted by atomic mass is 10.00. The van der Waals surface area contributed by atoms with Crippen LogP contribution in [0.4, 0.5) is 0 Å². The van der Waals surface area contributed by atoms with Gasteiger partial charge in [0, 0.05) is 24.7 Å². The number of nitrogens with zero attached hydrogens (tertiary/aromatic N) is 3. The number of carbonyl (C=O) groups excluding carboxylic acids is 1. The van der Waals surface area contributed by atoms with Gasteiger partial charge in [-0.3, -0.25) is 4.79 Å². The second kappa shape index (κ2) is 5.84. The Hall–Kier alpha value is -1.95. The van der Waals surface area contributed by atoms with Crippen LogP contribution in [0.25, 0.3) is 11.1 Å². The summed E-state index contributed by atoms with van der Waals surface area (Å²) in [6, 6.07) is 1.92. The number of amides is 1. The fourth-order valence-electron chi connectivity index (χ4n) is 3.45. The summed E-state index contributed by atoms with van der Waals surface area (Å²) in [5, 5.41) is 14.8. The Morgan fingerprint density at radius 3 is 2.83 bits per heavy atom. The lowest BCUT2D eigenvalue weighted by Crippen LogP contribution is -2.42. The first-order valence-corrected chi connectivity index (χ1v) is 8.82. The molecule has 1 atom stereocenters. The monoisotopic (exact) mass is 329 g/mol. The average molecular weight is 329 g/mol. The summed E-state index contributed by atoms with van der Waals surface area (Å²) < 4.78 is 5.45. The number of pyridine rings is 1. The highest BCUT2D eigenvalue weighted by atomic mass is 16.5. The number of fused-ring (bicyclic) bond motifs is 1. The minimum Gasteiger partial charge on any atom is -0.391 e. The molecule has 24 heavy (non-hydrogen) atoms. The molecule has 3 heterocycles. The van der Waals surface area contributed by atoms with Crippen LogP contribution in [0.2, 0.25) is 0 Å². The standard InChI is InChI=1S/C18H23N3O3/c1-10(2)16-15-13(18(23)21-7-3-4-12(22)9-21)8-14(11-5-6-11)19-17(15)24-20-16/h8,10-12,22H,3-7,9H2,1-2H3. The highest BCUT2D eigenvalue weighted by Gasteiger charge is 2.31. The van der Waals surface area contributed by atoms with E-state index in [-0.39, 0.29) is 11.8 Å². The van der Waals surface area contributed by atoms with Gasteiger partial charge in [-0.25, -0.2) is 4.98 Å². The molecule has 1 aliphatic carbocycles. The zero-order chi connectivity index (χ0) is 16.8. The number of hydrogen-bond acceptors (Lipinski definition) is 5. The predicted molar refractivity (Wildman–Crippen MR) is 89.0 cm³/mol. The first-order valence-electron chi connectivity index (χ1n) is 8.82. The van der Waals surface area contributed by atoms with E-state index in [1.807, 2.05) is 19.9 Å². The summed E-state index contributed by atoms with van der Waals surface area (Å²) in [6.45, 7) is 5.14. The van der Waals surface area contributed by atoms with Gasteiger partial charge >= 0.3 is 0 Å². The van der Waals surface area contributed by atoms with Crippen LogP contribution in [0.1, 0.15) is 73.1 Å². The summed E-state index contributed by atoms with van der Waals surface area (Å²) in [5.41, 5.74) is 2.79. The summed E-state index contributed by atoms with van der Waals surface area (Å²) >= 11 is 0. The lowest BCUT2D eigenvalue weighted by molar-refractivity contribution is 0.0475. The zero-order valence-electron chi connectivity index (χ0n) is 14.2. The molecule has 2 aromatic heterocycles. The van der Waals surface area contributed by atoms with E-state index in [0.29, 0.717) is 30.3 Å². The van der Waals surface area contributed by atoms with Crippen molar-refractivity contribution in [2.24, 2.45) is 0 Å². The zero-order valence-corrected chi connectivity index (χ0v) is 14.2. The normalized spacial score (nSPS) is 21.7. The van der Waals surface area contributed by atoms with E-state index in [1.54, 1.807) is 4.90 Å². The molecule has 2 aromatic rings. The predicted octanol–water partition coefficient (Wildman–Crippen LogP) is 2.82. The Morgan fingerprint density at radius 1 is 1.38 bits per heavy atom. The molecule has 1 N–H and O–H groups in total. The number of rotatable bonds is 3. The topological polar surface area (TPSA) is 79.5 Å². The third kappa shape index (κ3) is 2.69. The van der Waals surface area contributed by atoms with Gasteiger partial charge < -0.3 is 14.5 Å². The van der Waals surface area contributed by atoms with E-state index in [2.05, 4.69) is 10.1 Å². The summed E-state index contributed by atoms with van der Waals surface area (Å²) in [5.74, 6) is 0.534. The first kappa shape index (κ1) is 15.6. The average Bonchev–Trinajstić information content (AvgIpc) is 3.32. The van der Waals surface area contributed by atoms with Crippen molar-refractivity contribution in [2.75, 3.05) is 13.1 Å². The fraction of sp³-hybridized carbons (Fsp3) is 0.611. The van der Waals surface area contributed by atoms with E-state index in [0.717, 1.165) is 42.5 Å². The number of aliphatic hydroxyl groups excluding tert-OH is 1. The van der Waals surface area contributed by atoms with E-state index < -0.39 is 6.10 Å². The summed E-state index contributed by atoms with van der Waals surface area (Å²) in [6.07, 6.45) is 3.37. The van der Waals surface area contributed by atoms with Crippen LogP contribution in [-0.2, 0) is 0 Å². The van der Waals surface area contributed by atoms with Crippen molar-refractivity contribution < 1.29 is 14.4 Å². The van der Waals surface area contributed by atoms with Crippen LogP contribution in [0.5, 0.6) is 0 Å². The molecule has 128 valence electrons. The molecule has 1 saturated carbocycles. The minimum atomic E-state index is -0.435. The van der Waals surface area contributed by atoms with Crippen molar-refractivity contribution in [3.8, 4) is 0 Å². The smallest absolute Gasteiger partial charge is 0.259 e. The number of hydrogen-bond donors (Lipinski definition) is 1. The van der Waals surface area contributed by atoms with Gasteiger partial charge in [0.2, 0.25) is 0 Å². The Bertz CT molecular complexity index is 779. The summed E-state index contributed by atoms with van der Waals surface area (Å²) in [4.78, 5) is 19.5. The number of likely N-dealkylation sites (tertiary alicyclic amines) is 1. The van der Waals surface area contributed by atoms with Crippen molar-refractivity contribution in [3.63, 3.8) is 0 Å². The van der Waals surface area contributed by atoms with Gasteiger partial charge in [0.1, 0.15) is 0 Å². The van der Waals surface area contributed by atoms with Crippen LogP contribution < -0.4 is 0 Å². The van der Waals surface area contributed by atoms with Crippen molar-refractivity contribution in [2.45, 2.75) is 57.5 Å². The molecule has 1 amide bonds. The van der Waals surface area contributed by atoms with Gasteiger partial charge in [-0.2, -0.15) is 0 Å². The van der Waals surface area contributed by atoms with Crippen LogP contribution >= 0.6 is 0 Å². The molecular weight excluding hydrogens is 306 g/mol. The minimum absolute atomic E-state index is 0.0480. The molecule has 6 nitrogen and oxygen atoms in total. The van der Waals surface area contributed by atoms with Gasteiger partial charge in [-0.15, -0.1) is 0 Å². The molecule has 1 saturated heterocycles. The third-order valence-electron chi connectivity index (χ3n) is 4.95. The molecule has 4 rings (SSSR count). The molecule has 6 heteroatoms. The second-order valence-electron chi connectivity index (χ2n) is 7.32. The molecule has 0 spiro atoms. The molecule has 2 aliphatic rings. The quantitative estimate of drug-likeness (QED) is 0.936. The largest absolute Gasteiger partial charge is 0.391 e. The maximum absolute atomic E-state index is 13.1. The number of carbonyl (C=O) groups is 1. The first-order chi connectivity index (χ1) is 11.5. The number of piperidine rings is 1. The second-order valence-corrected chi connectivity index (χ2v) is 7.32. The van der Waals surface area contributed by atoms with Crippen molar-refractivity contribution in [1.29, 1.82) is 0 Å². The lowest BCUT2D eigenvalue weighted by Gasteiger charge is -2.30. The Kier molecular flexibility index (Phi) is 3.79. The van der Waals surface area contributed by atoms with Gasteiger partial charge in [-0.05, 0) is 37.7 Å². The molecule has 2 fully saturated rings. The van der Waals surface area contributed by atoms with Crippen molar-refractivity contribution >= 4 is 17.0 Å². The maximum Gasteiger partial charge on any atom is 0.259 e. The van der Waals surface area contributed by atoms with Crippen LogP contribution in [0, 0.1) is 0 Å². The van der Waals surface area contributed by atoms with Gasteiger partial charge in [-0.1, -0.05) is 19.0 Å². The fourth-order valence-corrected chi connectivity index (χ4v) is 3.45. The van der Waals surface area contributed by atoms with E-state index in [1.165, 1.54) is 0 Å². The number of aromatic nitrogens is 2. The SMILES string of the molecule is CC(C)c1noc2nc(C3CC3)cc(C(=O)N3CCCC(O)C3)c12. The third-order valence-corrected chi connectivity index (χ3v) is 4.95. The van der Waals surface area contributed by atoms with Gasteiger partial charge in [0.15, 0.2) is 0 Å². The highest BCUT2D eigenvalue weighted by molar-refractivity contribution is 6.06. The van der Waals surface area contributed by atoms with Crippen LogP contribution in [0.3, 0.4) is 0 Å². The van der Waals surface area contributed by atoms with Crippen molar-refractivity contribution in [1.82, 2.24) is 15.0 Å². The molecule has 1 aliphatic heterocycles. The molecule has 0 radical (unpaired) electrons. The Balaban J connectivity index is 1.81. The molecule has 0 aromatic carbocycles. The van der Waals surface area contributed by atoms with E-state index in [9.17, 15) is 9.90 Å². The Morgan fingerprint density at radius 2 is 2.17 bits per heavy atom. The van der Waals surface area contributed by atoms with E-state index >= 15 is 0 Å². The van der Waals surface area contributed by atoms with Crippen molar-refractivity contribution in [3.05, 3.63) is 23.0 Å². The molecule has 1 unspecified atom stereocenters. The molecular formula is C18H23N3O3. The van der Waals surface area contributed by atoms with Crippen LogP contribution in [-0.4, -0.2) is 45.2 Å². The van der Waals surface area contributed by atoms with E-state index in [4.69, 9.17) is 4.52 Å². The van der Waals surface area contributed by atoms with Gasteiger partial charge in [0.25, 0.3) is 11.6 Å². The maximum atomic E-state index is 13.1.